The average Bonchev–Trinajstić information content (AvgIpc) is 2.44. The van der Waals surface area contributed by atoms with Gasteiger partial charge in [0.15, 0.2) is 11.5 Å². The second-order valence-electron chi connectivity index (χ2n) is 4.87. The summed E-state index contributed by atoms with van der Waals surface area (Å²) in [5.41, 5.74) is 1.14. The molecule has 20 heavy (non-hydrogen) atoms. The fourth-order valence-electron chi connectivity index (χ4n) is 2.00. The summed E-state index contributed by atoms with van der Waals surface area (Å²) in [5.74, 6) is 0.656. The van der Waals surface area contributed by atoms with Gasteiger partial charge in [-0.3, -0.25) is 4.79 Å². The molecule has 112 valence electrons. The van der Waals surface area contributed by atoms with Crippen LogP contribution in [0.2, 0.25) is 0 Å². The summed E-state index contributed by atoms with van der Waals surface area (Å²) in [6.45, 7) is 2.63. The number of rotatable bonds is 8. The maximum Gasteiger partial charge on any atom is 0.304 e. The molecule has 0 aliphatic carbocycles. The van der Waals surface area contributed by atoms with Crippen LogP contribution >= 0.6 is 0 Å². The van der Waals surface area contributed by atoms with Crippen molar-refractivity contribution in [1.29, 1.82) is 0 Å². The van der Waals surface area contributed by atoms with Gasteiger partial charge in [0, 0.05) is 12.6 Å². The Balaban J connectivity index is 2.65. The van der Waals surface area contributed by atoms with Gasteiger partial charge in [-0.2, -0.15) is 0 Å². The normalized spacial score (nSPS) is 12.2. The van der Waals surface area contributed by atoms with E-state index in [0.717, 1.165) is 12.0 Å². The van der Waals surface area contributed by atoms with Gasteiger partial charge in [0.25, 0.3) is 0 Å². The molecule has 0 spiro atoms. The Bertz CT molecular complexity index is 447. The van der Waals surface area contributed by atoms with Crippen LogP contribution in [0.3, 0.4) is 0 Å². The highest BCUT2D eigenvalue weighted by Gasteiger charge is 2.13. The van der Waals surface area contributed by atoms with E-state index in [1.165, 1.54) is 0 Å². The van der Waals surface area contributed by atoms with Crippen molar-refractivity contribution in [3.8, 4) is 11.5 Å². The Labute approximate surface area is 120 Å². The highest BCUT2D eigenvalue weighted by molar-refractivity contribution is 5.66. The second kappa shape index (κ2) is 7.75. The van der Waals surface area contributed by atoms with Gasteiger partial charge < -0.3 is 19.5 Å². The van der Waals surface area contributed by atoms with Crippen LogP contribution in [0.1, 0.15) is 18.9 Å². The Kier molecular flexibility index (Phi) is 6.31. The van der Waals surface area contributed by atoms with Crippen LogP contribution in [-0.2, 0) is 11.2 Å². The van der Waals surface area contributed by atoms with Gasteiger partial charge in [-0.05, 0) is 38.1 Å². The molecule has 0 bridgehead atoms. The van der Waals surface area contributed by atoms with Crippen molar-refractivity contribution in [2.45, 2.75) is 25.8 Å². The van der Waals surface area contributed by atoms with Gasteiger partial charge in [-0.25, -0.2) is 0 Å². The van der Waals surface area contributed by atoms with Crippen molar-refractivity contribution in [2.24, 2.45) is 0 Å². The highest BCUT2D eigenvalue weighted by atomic mass is 16.5. The maximum atomic E-state index is 10.6. The number of aliphatic carboxylic acids is 1. The van der Waals surface area contributed by atoms with E-state index in [-0.39, 0.29) is 12.5 Å². The number of ether oxygens (including phenoxy) is 2. The average molecular weight is 281 g/mol. The number of hydrogen-bond donors (Lipinski definition) is 1. The van der Waals surface area contributed by atoms with Crippen molar-refractivity contribution in [2.75, 3.05) is 27.8 Å². The molecule has 1 atom stereocenters. The number of methoxy groups -OCH3 is 2. The zero-order valence-corrected chi connectivity index (χ0v) is 12.5. The molecule has 0 radical (unpaired) electrons. The lowest BCUT2D eigenvalue weighted by atomic mass is 10.1. The molecule has 0 fully saturated rings. The number of hydrogen-bond acceptors (Lipinski definition) is 4. The Morgan fingerprint density at radius 2 is 1.95 bits per heavy atom. The van der Waals surface area contributed by atoms with Crippen LogP contribution in [0.25, 0.3) is 0 Å². The monoisotopic (exact) mass is 281 g/mol. The molecule has 5 nitrogen and oxygen atoms in total. The molecular formula is C15H23NO4. The van der Waals surface area contributed by atoms with Crippen LogP contribution in [-0.4, -0.2) is 49.8 Å². The predicted molar refractivity (Wildman–Crippen MR) is 77.6 cm³/mol. The lowest BCUT2D eigenvalue weighted by molar-refractivity contribution is -0.137. The van der Waals surface area contributed by atoms with Gasteiger partial charge in [0.1, 0.15) is 0 Å². The third-order valence-corrected chi connectivity index (χ3v) is 3.41. The molecule has 0 aromatic heterocycles. The van der Waals surface area contributed by atoms with Crippen molar-refractivity contribution in [3.05, 3.63) is 23.8 Å². The molecule has 5 heteroatoms. The van der Waals surface area contributed by atoms with E-state index in [0.29, 0.717) is 18.0 Å². The zero-order valence-electron chi connectivity index (χ0n) is 12.5. The molecule has 1 aromatic rings. The molecule has 1 unspecified atom stereocenters. The minimum atomic E-state index is -0.768. The Morgan fingerprint density at radius 3 is 2.50 bits per heavy atom. The first-order valence-electron chi connectivity index (χ1n) is 6.60. The van der Waals surface area contributed by atoms with Crippen molar-refractivity contribution < 1.29 is 19.4 Å². The number of nitrogens with zero attached hydrogens (tertiary/aromatic N) is 1. The number of likely N-dealkylation sites (N-methyl/N-ethyl adjacent to an activating group) is 1. The van der Waals surface area contributed by atoms with Crippen LogP contribution in [0.4, 0.5) is 0 Å². The molecule has 0 aliphatic heterocycles. The topological polar surface area (TPSA) is 59.0 Å². The summed E-state index contributed by atoms with van der Waals surface area (Å²) in [6.07, 6.45) is 0.989. The highest BCUT2D eigenvalue weighted by Crippen LogP contribution is 2.28. The van der Waals surface area contributed by atoms with E-state index in [1.807, 2.05) is 30.1 Å². The van der Waals surface area contributed by atoms with Gasteiger partial charge in [-0.15, -0.1) is 0 Å². The molecule has 0 saturated heterocycles. The van der Waals surface area contributed by atoms with Gasteiger partial charge in [0.05, 0.1) is 20.6 Å². The van der Waals surface area contributed by atoms with Crippen LogP contribution in [0, 0.1) is 0 Å². The van der Waals surface area contributed by atoms with E-state index in [9.17, 15) is 4.79 Å². The van der Waals surface area contributed by atoms with E-state index >= 15 is 0 Å². The summed E-state index contributed by atoms with van der Waals surface area (Å²) >= 11 is 0. The number of carboxylic acid groups (broad SMARTS) is 1. The third-order valence-electron chi connectivity index (χ3n) is 3.41. The van der Waals surface area contributed by atoms with Gasteiger partial charge in [0.2, 0.25) is 0 Å². The molecule has 1 aromatic carbocycles. The maximum absolute atomic E-state index is 10.6. The lowest BCUT2D eigenvalue weighted by Crippen LogP contribution is -2.32. The van der Waals surface area contributed by atoms with Crippen LogP contribution < -0.4 is 9.47 Å². The minimum Gasteiger partial charge on any atom is -0.493 e. The molecule has 0 heterocycles. The summed E-state index contributed by atoms with van der Waals surface area (Å²) in [6, 6.07) is 6.11. The van der Waals surface area contributed by atoms with E-state index in [4.69, 9.17) is 14.6 Å². The SMILES string of the molecule is COc1ccc(CC(C)N(C)CCC(=O)O)cc1OC. The number of carbonyl (C=O) groups is 1. The summed E-state index contributed by atoms with van der Waals surface area (Å²) in [4.78, 5) is 12.6. The van der Waals surface area contributed by atoms with Gasteiger partial charge in [-0.1, -0.05) is 6.07 Å². The quantitative estimate of drug-likeness (QED) is 0.790. The first-order valence-corrected chi connectivity index (χ1v) is 6.60. The van der Waals surface area contributed by atoms with E-state index < -0.39 is 5.97 Å². The molecular weight excluding hydrogens is 258 g/mol. The van der Waals surface area contributed by atoms with Crippen molar-refractivity contribution in [3.63, 3.8) is 0 Å². The molecule has 1 N–H and O–H groups in total. The third kappa shape index (κ3) is 4.74. The largest absolute Gasteiger partial charge is 0.493 e. The zero-order chi connectivity index (χ0) is 15.1. The van der Waals surface area contributed by atoms with Crippen molar-refractivity contribution >= 4 is 5.97 Å². The summed E-state index contributed by atoms with van der Waals surface area (Å²) in [5, 5.41) is 8.70. The van der Waals surface area contributed by atoms with Crippen LogP contribution in [0.15, 0.2) is 18.2 Å². The van der Waals surface area contributed by atoms with E-state index in [1.54, 1.807) is 14.2 Å². The molecule has 0 aliphatic rings. The summed E-state index contributed by atoms with van der Waals surface area (Å²) < 4.78 is 10.5. The Hall–Kier alpha value is -1.75. The second-order valence-corrected chi connectivity index (χ2v) is 4.87. The first kappa shape index (κ1) is 16.3. The number of carboxylic acids is 1. The fraction of sp³-hybridized carbons (Fsp3) is 0.533. The number of benzene rings is 1. The van der Waals surface area contributed by atoms with E-state index in [2.05, 4.69) is 6.92 Å². The van der Waals surface area contributed by atoms with Crippen LogP contribution in [0.5, 0.6) is 11.5 Å². The Morgan fingerprint density at radius 1 is 1.30 bits per heavy atom. The molecule has 0 amide bonds. The molecule has 1 rings (SSSR count). The van der Waals surface area contributed by atoms with Gasteiger partial charge >= 0.3 is 5.97 Å². The smallest absolute Gasteiger partial charge is 0.304 e. The van der Waals surface area contributed by atoms with Crippen molar-refractivity contribution in [1.82, 2.24) is 4.90 Å². The minimum absolute atomic E-state index is 0.159. The predicted octanol–water partition coefficient (Wildman–Crippen LogP) is 2.04. The molecule has 0 saturated carbocycles. The fourth-order valence-corrected chi connectivity index (χ4v) is 2.00. The lowest BCUT2D eigenvalue weighted by Gasteiger charge is -2.24. The summed E-state index contributed by atoms with van der Waals surface area (Å²) in [7, 11) is 5.16. The standard InChI is InChI=1S/C15H23NO4/c1-11(16(2)8-7-15(17)18)9-12-5-6-13(19-3)14(10-12)20-4/h5-6,10-11H,7-9H2,1-4H3,(H,17,18). The first-order chi connectivity index (χ1) is 9.47.